The highest BCUT2D eigenvalue weighted by molar-refractivity contribution is 6.30. The van der Waals surface area contributed by atoms with Crippen LogP contribution in [0.4, 0.5) is 0 Å². The molecular formula is C16H17ClNO2+. The third-order valence-electron chi connectivity index (χ3n) is 3.51. The van der Waals surface area contributed by atoms with Crippen molar-refractivity contribution in [3.63, 3.8) is 0 Å². The molecule has 0 saturated heterocycles. The Balaban J connectivity index is 1.73. The Hall–Kier alpha value is -1.71. The molecule has 1 N–H and O–H groups in total. The number of benzene rings is 2. The van der Waals surface area contributed by atoms with Crippen molar-refractivity contribution in [1.82, 2.24) is 0 Å². The average Bonchev–Trinajstić information content (AvgIpc) is 2.49. The summed E-state index contributed by atoms with van der Waals surface area (Å²) in [6.45, 7) is 2.55. The van der Waals surface area contributed by atoms with Gasteiger partial charge in [0, 0.05) is 10.6 Å². The summed E-state index contributed by atoms with van der Waals surface area (Å²) in [5.41, 5.74) is 2.46. The molecule has 0 amide bonds. The van der Waals surface area contributed by atoms with E-state index in [9.17, 15) is 0 Å². The van der Waals surface area contributed by atoms with Crippen molar-refractivity contribution in [2.45, 2.75) is 13.1 Å². The molecule has 20 heavy (non-hydrogen) atoms. The molecule has 2 aromatic carbocycles. The number of nitrogens with one attached hydrogen (secondary N) is 1. The molecule has 1 heterocycles. The second-order valence-corrected chi connectivity index (χ2v) is 5.43. The third-order valence-corrected chi connectivity index (χ3v) is 3.76. The van der Waals surface area contributed by atoms with Gasteiger partial charge in [0.25, 0.3) is 0 Å². The SMILES string of the molecule is COc1ccc2c(c1)C[NH+](Cc1ccc(Cl)cc1)CO2. The molecule has 0 bridgehead atoms. The number of quaternary nitrogens is 1. The summed E-state index contributed by atoms with van der Waals surface area (Å²) in [5, 5.41) is 0.772. The van der Waals surface area contributed by atoms with E-state index in [2.05, 4.69) is 18.2 Å². The van der Waals surface area contributed by atoms with Gasteiger partial charge in [0.15, 0.2) is 0 Å². The van der Waals surface area contributed by atoms with Crippen molar-refractivity contribution >= 4 is 11.6 Å². The highest BCUT2D eigenvalue weighted by Gasteiger charge is 2.21. The van der Waals surface area contributed by atoms with E-state index in [1.165, 1.54) is 16.0 Å². The largest absolute Gasteiger partial charge is 0.497 e. The number of ether oxygens (including phenoxy) is 2. The summed E-state index contributed by atoms with van der Waals surface area (Å²) in [6.07, 6.45) is 0. The summed E-state index contributed by atoms with van der Waals surface area (Å²) in [7, 11) is 1.68. The van der Waals surface area contributed by atoms with Crippen LogP contribution in [0.15, 0.2) is 42.5 Å². The molecule has 104 valence electrons. The van der Waals surface area contributed by atoms with Gasteiger partial charge in [-0.2, -0.15) is 0 Å². The van der Waals surface area contributed by atoms with Crippen LogP contribution in [-0.4, -0.2) is 13.8 Å². The summed E-state index contributed by atoms with van der Waals surface area (Å²) < 4.78 is 11.1. The maximum Gasteiger partial charge on any atom is 0.222 e. The first kappa shape index (κ1) is 13.3. The molecule has 0 fully saturated rings. The normalized spacial score (nSPS) is 17.2. The number of hydrogen-bond acceptors (Lipinski definition) is 2. The van der Waals surface area contributed by atoms with Crippen molar-refractivity contribution < 1.29 is 14.4 Å². The van der Waals surface area contributed by atoms with Crippen LogP contribution in [0.5, 0.6) is 11.5 Å². The highest BCUT2D eigenvalue weighted by Crippen LogP contribution is 2.24. The summed E-state index contributed by atoms with van der Waals surface area (Å²) in [6, 6.07) is 14.0. The molecule has 0 saturated carbocycles. The molecule has 0 aliphatic carbocycles. The van der Waals surface area contributed by atoms with E-state index in [1.807, 2.05) is 24.3 Å². The zero-order chi connectivity index (χ0) is 13.9. The Morgan fingerprint density at radius 2 is 2.00 bits per heavy atom. The zero-order valence-corrected chi connectivity index (χ0v) is 12.1. The van der Waals surface area contributed by atoms with Gasteiger partial charge >= 0.3 is 0 Å². The van der Waals surface area contributed by atoms with Crippen molar-refractivity contribution in [3.8, 4) is 11.5 Å². The Bertz CT molecular complexity index is 598. The lowest BCUT2D eigenvalue weighted by Crippen LogP contribution is -3.10. The standard InChI is InChI=1S/C16H16ClNO2/c1-19-15-6-7-16-13(8-15)10-18(11-20-16)9-12-2-4-14(17)5-3-12/h2-8H,9-11H2,1H3/p+1. The fourth-order valence-corrected chi connectivity index (χ4v) is 2.59. The first-order chi connectivity index (χ1) is 9.74. The number of rotatable bonds is 3. The second kappa shape index (κ2) is 5.73. The fourth-order valence-electron chi connectivity index (χ4n) is 2.47. The molecule has 3 nitrogen and oxygen atoms in total. The predicted octanol–water partition coefficient (Wildman–Crippen LogP) is 2.28. The Morgan fingerprint density at radius 1 is 1.20 bits per heavy atom. The second-order valence-electron chi connectivity index (χ2n) is 4.99. The molecule has 4 heteroatoms. The van der Waals surface area contributed by atoms with Crippen LogP contribution in [0.1, 0.15) is 11.1 Å². The number of methoxy groups -OCH3 is 1. The van der Waals surface area contributed by atoms with Crippen LogP contribution in [0.2, 0.25) is 5.02 Å². The Labute approximate surface area is 123 Å². The van der Waals surface area contributed by atoms with E-state index in [1.54, 1.807) is 7.11 Å². The lowest BCUT2D eigenvalue weighted by molar-refractivity contribution is -0.945. The van der Waals surface area contributed by atoms with Gasteiger partial charge in [-0.05, 0) is 30.3 Å². The van der Waals surface area contributed by atoms with E-state index in [-0.39, 0.29) is 0 Å². The van der Waals surface area contributed by atoms with Crippen LogP contribution >= 0.6 is 11.6 Å². The maximum absolute atomic E-state index is 5.91. The van der Waals surface area contributed by atoms with Crippen molar-refractivity contribution in [2.75, 3.05) is 13.8 Å². The van der Waals surface area contributed by atoms with E-state index in [0.717, 1.165) is 29.6 Å². The van der Waals surface area contributed by atoms with E-state index in [4.69, 9.17) is 21.1 Å². The van der Waals surface area contributed by atoms with Gasteiger partial charge in [-0.25, -0.2) is 0 Å². The van der Waals surface area contributed by atoms with Gasteiger partial charge in [0.05, 0.1) is 12.7 Å². The van der Waals surface area contributed by atoms with Crippen LogP contribution in [0, 0.1) is 0 Å². The maximum atomic E-state index is 5.91. The molecule has 1 aliphatic heterocycles. The van der Waals surface area contributed by atoms with Crippen molar-refractivity contribution in [1.29, 1.82) is 0 Å². The van der Waals surface area contributed by atoms with Crippen LogP contribution in [0.3, 0.4) is 0 Å². The smallest absolute Gasteiger partial charge is 0.222 e. The molecule has 0 aromatic heterocycles. The zero-order valence-electron chi connectivity index (χ0n) is 11.4. The molecular weight excluding hydrogens is 274 g/mol. The van der Waals surface area contributed by atoms with Gasteiger partial charge in [-0.3, -0.25) is 4.90 Å². The van der Waals surface area contributed by atoms with E-state index >= 15 is 0 Å². The lowest BCUT2D eigenvalue weighted by Gasteiger charge is -2.26. The first-order valence-corrected chi connectivity index (χ1v) is 7.00. The van der Waals surface area contributed by atoms with Crippen LogP contribution in [-0.2, 0) is 13.1 Å². The van der Waals surface area contributed by atoms with Crippen molar-refractivity contribution in [2.24, 2.45) is 0 Å². The highest BCUT2D eigenvalue weighted by atomic mass is 35.5. The van der Waals surface area contributed by atoms with Crippen molar-refractivity contribution in [3.05, 3.63) is 58.6 Å². The topological polar surface area (TPSA) is 22.9 Å². The Morgan fingerprint density at radius 3 is 2.75 bits per heavy atom. The minimum Gasteiger partial charge on any atom is -0.497 e. The fraction of sp³-hybridized carbons (Fsp3) is 0.250. The van der Waals surface area contributed by atoms with Gasteiger partial charge in [0.2, 0.25) is 6.73 Å². The van der Waals surface area contributed by atoms with Crippen LogP contribution < -0.4 is 14.4 Å². The van der Waals surface area contributed by atoms with E-state index in [0.29, 0.717) is 6.73 Å². The minimum atomic E-state index is 0.682. The molecule has 3 rings (SSSR count). The lowest BCUT2D eigenvalue weighted by atomic mass is 10.1. The summed E-state index contributed by atoms with van der Waals surface area (Å²) >= 11 is 5.91. The number of halogens is 1. The Kier molecular flexibility index (Phi) is 3.81. The predicted molar refractivity (Wildman–Crippen MR) is 78.3 cm³/mol. The van der Waals surface area contributed by atoms with Gasteiger partial charge < -0.3 is 9.47 Å². The quantitative estimate of drug-likeness (QED) is 0.937. The molecule has 1 atom stereocenters. The third kappa shape index (κ3) is 2.89. The average molecular weight is 291 g/mol. The van der Waals surface area contributed by atoms with E-state index < -0.39 is 0 Å². The monoisotopic (exact) mass is 290 g/mol. The minimum absolute atomic E-state index is 0.682. The van der Waals surface area contributed by atoms with Crippen LogP contribution in [0.25, 0.3) is 0 Å². The first-order valence-electron chi connectivity index (χ1n) is 6.62. The molecule has 2 aromatic rings. The van der Waals surface area contributed by atoms with Gasteiger partial charge in [0.1, 0.15) is 24.6 Å². The summed E-state index contributed by atoms with van der Waals surface area (Å²) in [5.74, 6) is 1.84. The summed E-state index contributed by atoms with van der Waals surface area (Å²) in [4.78, 5) is 1.37. The molecule has 1 aliphatic rings. The van der Waals surface area contributed by atoms with Gasteiger partial charge in [-0.15, -0.1) is 0 Å². The number of fused-ring (bicyclic) bond motifs is 1. The molecule has 0 spiro atoms. The molecule has 0 radical (unpaired) electrons. The van der Waals surface area contributed by atoms with Gasteiger partial charge in [-0.1, -0.05) is 23.7 Å². The number of hydrogen-bond donors (Lipinski definition) is 1. The molecule has 1 unspecified atom stereocenters.